The molecule has 0 aromatic carbocycles. The van der Waals surface area contributed by atoms with Crippen LogP contribution in [0.4, 0.5) is 0 Å². The fourth-order valence-corrected chi connectivity index (χ4v) is 1.58. The Bertz CT molecular complexity index is 180. The minimum Gasteiger partial charge on any atom is -0.481 e. The quantitative estimate of drug-likeness (QED) is 0.608. The number of rotatable bonds is 2. The lowest BCUT2D eigenvalue weighted by molar-refractivity contribution is -0.147. The van der Waals surface area contributed by atoms with E-state index in [1.165, 1.54) is 6.92 Å². The molecule has 1 heterocycles. The van der Waals surface area contributed by atoms with Crippen molar-refractivity contribution in [2.24, 2.45) is 11.8 Å². The van der Waals surface area contributed by atoms with Crippen molar-refractivity contribution in [1.82, 2.24) is 5.32 Å². The van der Waals surface area contributed by atoms with E-state index in [1.54, 1.807) is 0 Å². The van der Waals surface area contributed by atoms with Gasteiger partial charge in [0.15, 0.2) is 0 Å². The average molecular weight is 171 g/mol. The molecular weight excluding hydrogens is 158 g/mol. The molecule has 2 atom stereocenters. The number of nitrogens with one attached hydrogen (secondary N) is 1. The van der Waals surface area contributed by atoms with Crippen molar-refractivity contribution in [3.63, 3.8) is 0 Å². The Morgan fingerprint density at radius 3 is 2.50 bits per heavy atom. The number of Topliss-reactive ketones (excluding diaryl/α,β-unsaturated/α-hetero) is 1. The third-order valence-electron chi connectivity index (χ3n) is 2.32. The highest BCUT2D eigenvalue weighted by Gasteiger charge is 2.33. The van der Waals surface area contributed by atoms with Crippen molar-refractivity contribution in [3.05, 3.63) is 0 Å². The molecule has 0 aliphatic carbocycles. The molecule has 1 rings (SSSR count). The van der Waals surface area contributed by atoms with Gasteiger partial charge in [-0.05, 0) is 19.9 Å². The molecule has 12 heavy (non-hydrogen) atoms. The predicted octanol–water partition coefficient (Wildman–Crippen LogP) is -0.114. The number of piperidine rings is 1. The average Bonchev–Trinajstić information content (AvgIpc) is 2.04. The van der Waals surface area contributed by atoms with Crippen molar-refractivity contribution in [3.8, 4) is 0 Å². The molecule has 1 fully saturated rings. The minimum absolute atomic E-state index is 0.0328. The number of carboxylic acid groups (broad SMARTS) is 1. The van der Waals surface area contributed by atoms with Gasteiger partial charge in [0.1, 0.15) is 5.78 Å². The normalized spacial score (nSPS) is 29.8. The molecule has 1 saturated heterocycles. The van der Waals surface area contributed by atoms with Gasteiger partial charge < -0.3 is 10.4 Å². The zero-order valence-electron chi connectivity index (χ0n) is 7.04. The number of hydrogen-bond donors (Lipinski definition) is 2. The maximum Gasteiger partial charge on any atom is 0.307 e. The van der Waals surface area contributed by atoms with Crippen molar-refractivity contribution in [2.75, 3.05) is 13.1 Å². The molecule has 1 aliphatic heterocycles. The first kappa shape index (κ1) is 9.19. The van der Waals surface area contributed by atoms with Crippen LogP contribution >= 0.6 is 0 Å². The smallest absolute Gasteiger partial charge is 0.307 e. The third-order valence-corrected chi connectivity index (χ3v) is 2.32. The second kappa shape index (κ2) is 3.67. The first-order chi connectivity index (χ1) is 5.63. The molecule has 1 aliphatic rings. The molecule has 0 aromatic rings. The van der Waals surface area contributed by atoms with Crippen LogP contribution in [0.1, 0.15) is 13.3 Å². The highest BCUT2D eigenvalue weighted by molar-refractivity contribution is 5.84. The largest absolute Gasteiger partial charge is 0.481 e. The van der Waals surface area contributed by atoms with E-state index in [4.69, 9.17) is 5.11 Å². The van der Waals surface area contributed by atoms with Gasteiger partial charge in [-0.25, -0.2) is 0 Å². The summed E-state index contributed by atoms with van der Waals surface area (Å²) in [5, 5.41) is 11.8. The zero-order chi connectivity index (χ0) is 9.14. The van der Waals surface area contributed by atoms with Crippen molar-refractivity contribution in [1.29, 1.82) is 0 Å². The number of carboxylic acids is 1. The summed E-state index contributed by atoms with van der Waals surface area (Å²) >= 11 is 0. The maximum atomic E-state index is 11.0. The molecule has 0 radical (unpaired) electrons. The van der Waals surface area contributed by atoms with E-state index in [9.17, 15) is 9.59 Å². The van der Waals surface area contributed by atoms with Crippen LogP contribution in [0.25, 0.3) is 0 Å². The van der Waals surface area contributed by atoms with Crippen molar-refractivity contribution >= 4 is 11.8 Å². The maximum absolute atomic E-state index is 11.0. The van der Waals surface area contributed by atoms with E-state index in [2.05, 4.69) is 5.32 Å². The van der Waals surface area contributed by atoms with Crippen LogP contribution in [0, 0.1) is 11.8 Å². The Balaban J connectivity index is 2.67. The first-order valence-electron chi connectivity index (χ1n) is 4.07. The summed E-state index contributed by atoms with van der Waals surface area (Å²) in [7, 11) is 0. The Morgan fingerprint density at radius 2 is 2.08 bits per heavy atom. The SMILES string of the molecule is CC(=O)[C@H]1CNCC[C@@H]1C(=O)O. The fourth-order valence-electron chi connectivity index (χ4n) is 1.58. The Labute approximate surface area is 71.0 Å². The van der Waals surface area contributed by atoms with Crippen LogP contribution < -0.4 is 5.32 Å². The van der Waals surface area contributed by atoms with Crippen molar-refractivity contribution < 1.29 is 14.7 Å². The van der Waals surface area contributed by atoms with Gasteiger partial charge in [-0.3, -0.25) is 9.59 Å². The van der Waals surface area contributed by atoms with Crippen molar-refractivity contribution in [2.45, 2.75) is 13.3 Å². The highest BCUT2D eigenvalue weighted by Crippen LogP contribution is 2.19. The molecule has 0 amide bonds. The van der Waals surface area contributed by atoms with Crippen LogP contribution in [-0.4, -0.2) is 29.9 Å². The van der Waals surface area contributed by atoms with Crippen LogP contribution in [0.5, 0.6) is 0 Å². The first-order valence-corrected chi connectivity index (χ1v) is 4.07. The zero-order valence-corrected chi connectivity index (χ0v) is 7.04. The second-order valence-corrected chi connectivity index (χ2v) is 3.15. The summed E-state index contributed by atoms with van der Waals surface area (Å²) in [6, 6.07) is 0. The van der Waals surface area contributed by atoms with Crippen LogP contribution in [0.15, 0.2) is 0 Å². The second-order valence-electron chi connectivity index (χ2n) is 3.15. The number of ketones is 1. The number of carbonyl (C=O) groups excluding carboxylic acids is 1. The van der Waals surface area contributed by atoms with Crippen LogP contribution in [0.2, 0.25) is 0 Å². The summed E-state index contributed by atoms with van der Waals surface area (Å²) in [5.41, 5.74) is 0. The van der Waals surface area contributed by atoms with E-state index < -0.39 is 11.9 Å². The lowest BCUT2D eigenvalue weighted by atomic mass is 9.84. The molecule has 0 unspecified atom stereocenters. The summed E-state index contributed by atoms with van der Waals surface area (Å²) in [4.78, 5) is 21.7. The van der Waals surface area contributed by atoms with Gasteiger partial charge in [-0.15, -0.1) is 0 Å². The molecule has 2 N–H and O–H groups in total. The molecule has 0 saturated carbocycles. The molecule has 68 valence electrons. The molecule has 0 spiro atoms. The molecule has 0 aromatic heterocycles. The standard InChI is InChI=1S/C8H13NO3/c1-5(10)7-4-9-3-2-6(7)8(11)12/h6-7,9H,2-4H2,1H3,(H,11,12)/t6-,7+/m0/s1. The minimum atomic E-state index is -0.850. The molecule has 4 heteroatoms. The summed E-state index contributed by atoms with van der Waals surface area (Å²) < 4.78 is 0. The topological polar surface area (TPSA) is 66.4 Å². The van der Waals surface area contributed by atoms with Gasteiger partial charge in [0.2, 0.25) is 0 Å². The lowest BCUT2D eigenvalue weighted by Gasteiger charge is -2.26. The van der Waals surface area contributed by atoms with E-state index in [-0.39, 0.29) is 11.7 Å². The van der Waals surface area contributed by atoms with E-state index >= 15 is 0 Å². The number of aliphatic carboxylic acids is 1. The summed E-state index contributed by atoms with van der Waals surface area (Å²) in [6.45, 7) is 2.65. The molecular formula is C8H13NO3. The Hall–Kier alpha value is -0.900. The summed E-state index contributed by atoms with van der Waals surface area (Å²) in [5.74, 6) is -1.70. The van der Waals surface area contributed by atoms with E-state index in [1.807, 2.05) is 0 Å². The molecule has 0 bridgehead atoms. The summed E-state index contributed by atoms with van der Waals surface area (Å²) in [6.07, 6.45) is 0.555. The van der Waals surface area contributed by atoms with Gasteiger partial charge in [0, 0.05) is 12.5 Å². The van der Waals surface area contributed by atoms with Gasteiger partial charge in [-0.2, -0.15) is 0 Å². The van der Waals surface area contributed by atoms with Gasteiger partial charge in [-0.1, -0.05) is 0 Å². The van der Waals surface area contributed by atoms with Gasteiger partial charge in [0.25, 0.3) is 0 Å². The number of hydrogen-bond acceptors (Lipinski definition) is 3. The van der Waals surface area contributed by atoms with Crippen LogP contribution in [0.3, 0.4) is 0 Å². The van der Waals surface area contributed by atoms with Gasteiger partial charge in [0.05, 0.1) is 5.92 Å². The number of carbonyl (C=O) groups is 2. The van der Waals surface area contributed by atoms with E-state index in [0.29, 0.717) is 19.5 Å². The van der Waals surface area contributed by atoms with Gasteiger partial charge >= 0.3 is 5.97 Å². The fraction of sp³-hybridized carbons (Fsp3) is 0.750. The Morgan fingerprint density at radius 1 is 1.42 bits per heavy atom. The lowest BCUT2D eigenvalue weighted by Crippen LogP contribution is -2.43. The van der Waals surface area contributed by atoms with Crippen LogP contribution in [-0.2, 0) is 9.59 Å². The Kier molecular flexibility index (Phi) is 2.81. The van der Waals surface area contributed by atoms with E-state index in [0.717, 1.165) is 0 Å². The highest BCUT2D eigenvalue weighted by atomic mass is 16.4. The molecule has 4 nitrogen and oxygen atoms in total. The third kappa shape index (κ3) is 1.82. The monoisotopic (exact) mass is 171 g/mol. The predicted molar refractivity (Wildman–Crippen MR) is 42.8 cm³/mol.